The van der Waals surface area contributed by atoms with E-state index in [2.05, 4.69) is 70.2 Å². The fourth-order valence-electron chi connectivity index (χ4n) is 4.21. The van der Waals surface area contributed by atoms with Gasteiger partial charge in [-0.15, -0.1) is 0 Å². The summed E-state index contributed by atoms with van der Waals surface area (Å²) in [5.74, 6) is 0.476. The van der Waals surface area contributed by atoms with Gasteiger partial charge in [0.05, 0.1) is 17.6 Å². The fraction of sp³-hybridized carbons (Fsp3) is 0.621. The minimum absolute atomic E-state index is 0.0188. The van der Waals surface area contributed by atoms with E-state index in [1.165, 1.54) is 44.1 Å². The highest BCUT2D eigenvalue weighted by atomic mass is 16.5. The lowest BCUT2D eigenvalue weighted by Crippen LogP contribution is -2.32. The zero-order valence-corrected chi connectivity index (χ0v) is 20.8. The molecule has 0 fully saturated rings. The van der Waals surface area contributed by atoms with Crippen molar-refractivity contribution in [3.8, 4) is 0 Å². The molecule has 0 saturated heterocycles. The summed E-state index contributed by atoms with van der Waals surface area (Å²) in [6, 6.07) is 10.5. The summed E-state index contributed by atoms with van der Waals surface area (Å²) in [7, 11) is 0. The summed E-state index contributed by atoms with van der Waals surface area (Å²) in [4.78, 5) is 4.88. The summed E-state index contributed by atoms with van der Waals surface area (Å²) in [5.41, 5.74) is 0.945. The molecule has 3 heteroatoms. The average molecular weight is 440 g/mol. The van der Waals surface area contributed by atoms with Crippen LogP contribution in [0, 0.1) is 5.92 Å². The first-order valence-corrected chi connectivity index (χ1v) is 12.8. The topological polar surface area (TPSA) is 41.8 Å². The highest BCUT2D eigenvalue weighted by Gasteiger charge is 2.38. The smallest absolute Gasteiger partial charge is 0.191 e. The van der Waals surface area contributed by atoms with E-state index in [-0.39, 0.29) is 17.4 Å². The van der Waals surface area contributed by atoms with Gasteiger partial charge in [0.2, 0.25) is 0 Å². The third kappa shape index (κ3) is 8.94. The number of nitrogens with zero attached hydrogens (tertiary/aromatic N) is 1. The van der Waals surface area contributed by atoms with Crippen molar-refractivity contribution in [3.63, 3.8) is 0 Å². The molecule has 0 spiro atoms. The summed E-state index contributed by atoms with van der Waals surface area (Å²) in [6.07, 6.45) is 18.7. The lowest BCUT2D eigenvalue weighted by atomic mass is 9.81. The van der Waals surface area contributed by atoms with E-state index >= 15 is 0 Å². The van der Waals surface area contributed by atoms with Crippen LogP contribution in [0.4, 0.5) is 0 Å². The Morgan fingerprint density at radius 2 is 1.56 bits per heavy atom. The maximum Gasteiger partial charge on any atom is 0.191 e. The Labute approximate surface area is 196 Å². The number of allylic oxidation sites excluding steroid dienone is 3. The Morgan fingerprint density at radius 1 is 0.938 bits per heavy atom. The quantitative estimate of drug-likeness (QED) is 0.225. The zero-order chi connectivity index (χ0) is 23.2. The van der Waals surface area contributed by atoms with Gasteiger partial charge < -0.3 is 9.84 Å². The van der Waals surface area contributed by atoms with Gasteiger partial charge in [0.1, 0.15) is 6.61 Å². The Kier molecular flexibility index (Phi) is 11.8. The first-order chi connectivity index (χ1) is 15.5. The van der Waals surface area contributed by atoms with Gasteiger partial charge in [0.25, 0.3) is 0 Å². The molecule has 3 nitrogen and oxygen atoms in total. The highest BCUT2D eigenvalue weighted by molar-refractivity contribution is 5.83. The summed E-state index contributed by atoms with van der Waals surface area (Å²) in [5, 5.41) is 11.3. The second kappa shape index (κ2) is 14.3. The normalized spacial score (nSPS) is 18.6. The van der Waals surface area contributed by atoms with E-state index in [4.69, 9.17) is 9.73 Å². The van der Waals surface area contributed by atoms with E-state index in [9.17, 15) is 5.11 Å². The van der Waals surface area contributed by atoms with Crippen LogP contribution in [0.3, 0.4) is 0 Å². The van der Waals surface area contributed by atoms with Crippen LogP contribution in [0.25, 0.3) is 0 Å². The van der Waals surface area contributed by atoms with Crippen molar-refractivity contribution in [1.82, 2.24) is 0 Å². The monoisotopic (exact) mass is 439 g/mol. The fourth-order valence-corrected chi connectivity index (χ4v) is 4.21. The molecular formula is C29H45NO2. The van der Waals surface area contributed by atoms with Crippen LogP contribution >= 0.6 is 0 Å². The number of ether oxygens (including phenoxy) is 1. The lowest BCUT2D eigenvalue weighted by molar-refractivity contribution is 0.158. The Hall–Kier alpha value is -1.87. The van der Waals surface area contributed by atoms with Gasteiger partial charge in [-0.2, -0.15) is 0 Å². The van der Waals surface area contributed by atoms with Gasteiger partial charge in [-0.1, -0.05) is 101 Å². The predicted octanol–water partition coefficient (Wildman–Crippen LogP) is 7.62. The van der Waals surface area contributed by atoms with Crippen molar-refractivity contribution in [3.05, 3.63) is 60.2 Å². The highest BCUT2D eigenvalue weighted by Crippen LogP contribution is 2.35. The lowest BCUT2D eigenvalue weighted by Gasteiger charge is -2.28. The SMILES string of the molecule is CCCCC/C=C/[C@H](O)[C@@H](C1=NC(C)(C)CO1)[C@@H](/C=C/CCCCCC)c1ccccc1. The number of aliphatic hydroxyl groups is 1. The third-order valence-electron chi connectivity index (χ3n) is 6.09. The second-order valence-corrected chi connectivity index (χ2v) is 9.71. The average Bonchev–Trinajstić information content (AvgIpc) is 3.14. The largest absolute Gasteiger partial charge is 0.478 e. The van der Waals surface area contributed by atoms with Crippen molar-refractivity contribution in [2.75, 3.05) is 6.61 Å². The number of aliphatic hydroxyl groups excluding tert-OH is 1. The molecule has 0 bridgehead atoms. The van der Waals surface area contributed by atoms with Crippen LogP contribution < -0.4 is 0 Å². The summed E-state index contributed by atoms with van der Waals surface area (Å²) < 4.78 is 6.08. The molecule has 1 aliphatic rings. The number of rotatable bonds is 15. The Balaban J connectivity index is 2.28. The molecule has 0 aliphatic carbocycles. The van der Waals surface area contributed by atoms with Crippen LogP contribution in [-0.2, 0) is 4.74 Å². The molecule has 0 radical (unpaired) electrons. The molecule has 1 aromatic carbocycles. The van der Waals surface area contributed by atoms with Crippen molar-refractivity contribution < 1.29 is 9.84 Å². The second-order valence-electron chi connectivity index (χ2n) is 9.71. The zero-order valence-electron chi connectivity index (χ0n) is 20.8. The van der Waals surface area contributed by atoms with Gasteiger partial charge in [-0.3, -0.25) is 0 Å². The van der Waals surface area contributed by atoms with Crippen LogP contribution in [0.1, 0.15) is 97.0 Å². The minimum atomic E-state index is -0.640. The number of hydrogen-bond donors (Lipinski definition) is 1. The number of unbranched alkanes of at least 4 members (excludes halogenated alkanes) is 7. The third-order valence-corrected chi connectivity index (χ3v) is 6.09. The van der Waals surface area contributed by atoms with Crippen molar-refractivity contribution in [2.24, 2.45) is 10.9 Å². The van der Waals surface area contributed by atoms with Crippen molar-refractivity contribution >= 4 is 5.90 Å². The van der Waals surface area contributed by atoms with E-state index in [0.29, 0.717) is 12.5 Å². The predicted molar refractivity (Wildman–Crippen MR) is 137 cm³/mol. The molecule has 1 heterocycles. The van der Waals surface area contributed by atoms with Crippen LogP contribution in [0.15, 0.2) is 59.6 Å². The van der Waals surface area contributed by atoms with Crippen LogP contribution in [0.5, 0.6) is 0 Å². The summed E-state index contributed by atoms with van der Waals surface area (Å²) in [6.45, 7) is 9.20. The number of hydrogen-bond acceptors (Lipinski definition) is 3. The maximum atomic E-state index is 11.3. The summed E-state index contributed by atoms with van der Waals surface area (Å²) >= 11 is 0. The van der Waals surface area contributed by atoms with Gasteiger partial charge in [-0.25, -0.2) is 4.99 Å². The molecular weight excluding hydrogens is 394 g/mol. The molecule has 32 heavy (non-hydrogen) atoms. The number of aliphatic imine (C=N–C) groups is 1. The van der Waals surface area contributed by atoms with Gasteiger partial charge in [-0.05, 0) is 45.1 Å². The minimum Gasteiger partial charge on any atom is -0.478 e. The molecule has 0 aromatic heterocycles. The first-order valence-electron chi connectivity index (χ1n) is 12.8. The van der Waals surface area contributed by atoms with Gasteiger partial charge in [0, 0.05) is 5.92 Å². The molecule has 3 atom stereocenters. The maximum absolute atomic E-state index is 11.3. The van der Waals surface area contributed by atoms with Crippen LogP contribution in [-0.4, -0.2) is 29.3 Å². The molecule has 1 N–H and O–H groups in total. The molecule has 0 unspecified atom stereocenters. The van der Waals surface area contributed by atoms with Gasteiger partial charge in [0.15, 0.2) is 5.90 Å². The molecule has 1 aromatic rings. The molecule has 0 amide bonds. The van der Waals surface area contributed by atoms with E-state index in [1.807, 2.05) is 12.1 Å². The van der Waals surface area contributed by atoms with Gasteiger partial charge >= 0.3 is 0 Å². The number of benzene rings is 1. The van der Waals surface area contributed by atoms with E-state index < -0.39 is 6.10 Å². The van der Waals surface area contributed by atoms with E-state index in [0.717, 1.165) is 19.3 Å². The molecule has 2 rings (SSSR count). The van der Waals surface area contributed by atoms with Crippen LogP contribution in [0.2, 0.25) is 0 Å². The molecule has 178 valence electrons. The standard InChI is InChI=1S/C29H45NO2/c1-5-7-9-11-13-17-21-25(24-19-15-14-16-20-24)27(28-30-29(3,4)23-32-28)26(31)22-18-12-10-8-6-2/h14-22,25-27,31H,5-13,23H2,1-4H3/b21-17+,22-18+/t25-,26-,27-/m0/s1. The first kappa shape index (κ1) is 26.4. The Morgan fingerprint density at radius 3 is 2.19 bits per heavy atom. The molecule has 0 saturated carbocycles. The van der Waals surface area contributed by atoms with Crippen molar-refractivity contribution in [1.29, 1.82) is 0 Å². The van der Waals surface area contributed by atoms with Crippen molar-refractivity contribution in [2.45, 2.75) is 103 Å². The van der Waals surface area contributed by atoms with E-state index in [1.54, 1.807) is 0 Å². The Bertz CT molecular complexity index is 720. The molecule has 1 aliphatic heterocycles.